The van der Waals surface area contributed by atoms with E-state index in [1.807, 2.05) is 12.1 Å². The second kappa shape index (κ2) is 5.62. The summed E-state index contributed by atoms with van der Waals surface area (Å²) in [4.78, 5) is 4.62. The first-order valence-electron chi connectivity index (χ1n) is 6.93. The van der Waals surface area contributed by atoms with Crippen LogP contribution < -0.4 is 4.74 Å². The summed E-state index contributed by atoms with van der Waals surface area (Å²) in [5.74, 6) is 2.67. The van der Waals surface area contributed by atoms with E-state index in [-0.39, 0.29) is 0 Å². The quantitative estimate of drug-likeness (QED) is 0.813. The van der Waals surface area contributed by atoms with Crippen molar-refractivity contribution in [2.45, 2.75) is 31.9 Å². The minimum atomic E-state index is 0.300. The summed E-state index contributed by atoms with van der Waals surface area (Å²) < 4.78 is 13.1. The average molecular weight is 295 g/mol. The van der Waals surface area contributed by atoms with Gasteiger partial charge in [-0.15, -0.1) is 11.6 Å². The molecule has 0 aliphatic carbocycles. The van der Waals surface area contributed by atoms with Crippen molar-refractivity contribution in [1.82, 2.24) is 9.55 Å². The van der Waals surface area contributed by atoms with E-state index in [1.165, 1.54) is 0 Å². The molecule has 2 heterocycles. The van der Waals surface area contributed by atoms with E-state index in [1.54, 1.807) is 7.11 Å². The van der Waals surface area contributed by atoms with Crippen LogP contribution >= 0.6 is 11.6 Å². The summed E-state index contributed by atoms with van der Waals surface area (Å²) in [5, 5.41) is 0. The maximum Gasteiger partial charge on any atom is 0.124 e. The maximum atomic E-state index is 6.05. The number of hydrogen-bond donors (Lipinski definition) is 0. The Balaban J connectivity index is 1.99. The van der Waals surface area contributed by atoms with Crippen LogP contribution in [0.3, 0.4) is 0 Å². The molecule has 1 aliphatic rings. The first kappa shape index (κ1) is 13.7. The number of halogens is 1. The molecule has 1 fully saturated rings. The molecule has 20 heavy (non-hydrogen) atoms. The third-order valence-corrected chi connectivity index (χ3v) is 4.34. The number of alkyl halides is 1. The highest BCUT2D eigenvalue weighted by atomic mass is 35.5. The molecule has 2 atom stereocenters. The molecule has 3 rings (SSSR count). The standard InChI is InChI=1S/C15H19ClN2O2/c1-10-11(5-6-20-10)9-18-14-4-3-12(19-2)7-13(14)17-15(18)8-16/h3-4,7,10-11H,5-6,8-9H2,1-2H3. The van der Waals surface area contributed by atoms with Crippen molar-refractivity contribution >= 4 is 22.6 Å². The smallest absolute Gasteiger partial charge is 0.124 e. The first-order valence-corrected chi connectivity index (χ1v) is 7.47. The van der Waals surface area contributed by atoms with Gasteiger partial charge in [-0.1, -0.05) is 0 Å². The second-order valence-corrected chi connectivity index (χ2v) is 5.52. The van der Waals surface area contributed by atoms with Gasteiger partial charge in [0.1, 0.15) is 11.6 Å². The van der Waals surface area contributed by atoms with Crippen molar-refractivity contribution in [1.29, 1.82) is 0 Å². The van der Waals surface area contributed by atoms with Crippen LogP contribution in [0.15, 0.2) is 18.2 Å². The Morgan fingerprint density at radius 3 is 3.00 bits per heavy atom. The van der Waals surface area contributed by atoms with Crippen LogP contribution in [0.25, 0.3) is 11.0 Å². The summed E-state index contributed by atoms with van der Waals surface area (Å²) in [5.41, 5.74) is 2.05. The van der Waals surface area contributed by atoms with Crippen molar-refractivity contribution in [3.05, 3.63) is 24.0 Å². The molecule has 1 aromatic carbocycles. The number of aromatic nitrogens is 2. The lowest BCUT2D eigenvalue weighted by Crippen LogP contribution is -2.19. The molecule has 5 heteroatoms. The lowest BCUT2D eigenvalue weighted by atomic mass is 10.0. The highest BCUT2D eigenvalue weighted by Crippen LogP contribution is 2.27. The number of hydrogen-bond acceptors (Lipinski definition) is 3. The molecule has 2 aromatic rings. The number of benzene rings is 1. The van der Waals surface area contributed by atoms with Gasteiger partial charge in [0.05, 0.1) is 30.1 Å². The van der Waals surface area contributed by atoms with Crippen molar-refractivity contribution in [2.24, 2.45) is 5.92 Å². The Kier molecular flexibility index (Phi) is 3.85. The molecule has 0 N–H and O–H groups in total. The largest absolute Gasteiger partial charge is 0.497 e. The van der Waals surface area contributed by atoms with Gasteiger partial charge in [0.15, 0.2) is 0 Å². The zero-order chi connectivity index (χ0) is 14.1. The minimum Gasteiger partial charge on any atom is -0.497 e. The van der Waals surface area contributed by atoms with Crippen LogP contribution in [-0.2, 0) is 17.2 Å². The Hall–Kier alpha value is -1.26. The van der Waals surface area contributed by atoms with Crippen LogP contribution in [0, 0.1) is 5.92 Å². The number of ether oxygens (including phenoxy) is 2. The average Bonchev–Trinajstić information content (AvgIpc) is 3.03. The van der Waals surface area contributed by atoms with Gasteiger partial charge >= 0.3 is 0 Å². The topological polar surface area (TPSA) is 36.3 Å². The molecule has 0 bridgehead atoms. The molecule has 1 saturated heterocycles. The molecule has 0 spiro atoms. The molecule has 0 radical (unpaired) electrons. The Labute approximate surface area is 123 Å². The molecule has 4 nitrogen and oxygen atoms in total. The van der Waals surface area contributed by atoms with E-state index < -0.39 is 0 Å². The number of methoxy groups -OCH3 is 1. The summed E-state index contributed by atoms with van der Waals surface area (Å²) in [6, 6.07) is 5.97. The summed E-state index contributed by atoms with van der Waals surface area (Å²) in [6.07, 6.45) is 1.40. The molecule has 0 amide bonds. The van der Waals surface area contributed by atoms with Crippen LogP contribution in [0.2, 0.25) is 0 Å². The Morgan fingerprint density at radius 2 is 2.35 bits per heavy atom. The molecule has 1 aromatic heterocycles. The molecule has 1 aliphatic heterocycles. The van der Waals surface area contributed by atoms with Gasteiger partial charge in [-0.25, -0.2) is 4.98 Å². The third-order valence-electron chi connectivity index (χ3n) is 4.10. The van der Waals surface area contributed by atoms with Gasteiger partial charge in [-0.05, 0) is 25.5 Å². The number of imidazole rings is 1. The van der Waals surface area contributed by atoms with Crippen molar-refractivity contribution in [3.63, 3.8) is 0 Å². The van der Waals surface area contributed by atoms with Gasteiger partial charge in [-0.3, -0.25) is 0 Å². The maximum absolute atomic E-state index is 6.05. The normalized spacial score (nSPS) is 22.6. The number of fused-ring (bicyclic) bond motifs is 1. The third kappa shape index (κ3) is 2.38. The molecule has 2 unspecified atom stereocenters. The van der Waals surface area contributed by atoms with E-state index in [2.05, 4.69) is 22.5 Å². The minimum absolute atomic E-state index is 0.300. The van der Waals surface area contributed by atoms with E-state index in [0.29, 0.717) is 17.9 Å². The van der Waals surface area contributed by atoms with Gasteiger partial charge in [-0.2, -0.15) is 0 Å². The van der Waals surface area contributed by atoms with Gasteiger partial charge in [0.25, 0.3) is 0 Å². The van der Waals surface area contributed by atoms with E-state index in [0.717, 1.165) is 42.2 Å². The fraction of sp³-hybridized carbons (Fsp3) is 0.533. The van der Waals surface area contributed by atoms with Crippen LogP contribution in [-0.4, -0.2) is 29.4 Å². The van der Waals surface area contributed by atoms with Gasteiger partial charge in [0, 0.05) is 25.1 Å². The lowest BCUT2D eigenvalue weighted by molar-refractivity contribution is 0.102. The van der Waals surface area contributed by atoms with E-state index >= 15 is 0 Å². The molecule has 0 saturated carbocycles. The Morgan fingerprint density at radius 1 is 1.50 bits per heavy atom. The fourth-order valence-corrected chi connectivity index (χ4v) is 3.05. The number of nitrogens with zero attached hydrogens (tertiary/aromatic N) is 2. The van der Waals surface area contributed by atoms with E-state index in [4.69, 9.17) is 21.1 Å². The van der Waals surface area contributed by atoms with E-state index in [9.17, 15) is 0 Å². The van der Waals surface area contributed by atoms with Gasteiger partial charge < -0.3 is 14.0 Å². The monoisotopic (exact) mass is 294 g/mol. The molecule has 108 valence electrons. The van der Waals surface area contributed by atoms with Crippen molar-refractivity contribution < 1.29 is 9.47 Å². The lowest BCUT2D eigenvalue weighted by Gasteiger charge is -2.16. The highest BCUT2D eigenvalue weighted by Gasteiger charge is 2.26. The van der Waals surface area contributed by atoms with Gasteiger partial charge in [0.2, 0.25) is 0 Å². The number of rotatable bonds is 4. The first-order chi connectivity index (χ1) is 9.72. The summed E-state index contributed by atoms with van der Waals surface area (Å²) in [6.45, 7) is 3.90. The Bertz CT molecular complexity index is 611. The van der Waals surface area contributed by atoms with Crippen molar-refractivity contribution in [2.75, 3.05) is 13.7 Å². The zero-order valence-corrected chi connectivity index (χ0v) is 12.6. The van der Waals surface area contributed by atoms with Crippen LogP contribution in [0.1, 0.15) is 19.2 Å². The SMILES string of the molecule is COc1ccc2c(c1)nc(CCl)n2CC1CCOC1C. The summed E-state index contributed by atoms with van der Waals surface area (Å²) in [7, 11) is 1.66. The van der Waals surface area contributed by atoms with Crippen LogP contribution in [0.4, 0.5) is 0 Å². The zero-order valence-electron chi connectivity index (χ0n) is 11.8. The predicted molar refractivity (Wildman–Crippen MR) is 79.4 cm³/mol. The molecular weight excluding hydrogens is 276 g/mol. The van der Waals surface area contributed by atoms with Crippen molar-refractivity contribution in [3.8, 4) is 5.75 Å². The van der Waals surface area contributed by atoms with Crippen LogP contribution in [0.5, 0.6) is 5.75 Å². The summed E-state index contributed by atoms with van der Waals surface area (Å²) >= 11 is 6.05. The predicted octanol–water partition coefficient (Wildman–Crippen LogP) is 3.21. The highest BCUT2D eigenvalue weighted by molar-refractivity contribution is 6.16. The molecular formula is C15H19ClN2O2. The fourth-order valence-electron chi connectivity index (χ4n) is 2.84. The second-order valence-electron chi connectivity index (χ2n) is 5.25.